The monoisotopic (exact) mass is 291 g/mol. The Kier molecular flexibility index (Phi) is 4.81. The fourth-order valence-corrected chi connectivity index (χ4v) is 4.62. The average molecular weight is 291 g/mol. The van der Waals surface area contributed by atoms with Gasteiger partial charge in [-0.1, -0.05) is 0 Å². The van der Waals surface area contributed by atoms with E-state index in [1.54, 1.807) is 0 Å². The van der Waals surface area contributed by atoms with Crippen molar-refractivity contribution in [3.05, 3.63) is 0 Å². The SMILES string of the molecule is O=C(O)CN(CC1CCCOC1)C1CCS(=O)(=O)C1. The maximum atomic E-state index is 11.5. The highest BCUT2D eigenvalue weighted by Gasteiger charge is 2.34. The molecule has 2 unspecified atom stereocenters. The van der Waals surface area contributed by atoms with Gasteiger partial charge in [0.2, 0.25) is 0 Å². The Morgan fingerprint density at radius 2 is 2.16 bits per heavy atom. The lowest BCUT2D eigenvalue weighted by Gasteiger charge is -2.32. The summed E-state index contributed by atoms with van der Waals surface area (Å²) in [6.45, 7) is 1.95. The van der Waals surface area contributed by atoms with E-state index in [4.69, 9.17) is 9.84 Å². The molecule has 1 N–H and O–H groups in total. The molecule has 6 nitrogen and oxygen atoms in total. The summed E-state index contributed by atoms with van der Waals surface area (Å²) in [5, 5.41) is 8.98. The summed E-state index contributed by atoms with van der Waals surface area (Å²) in [4.78, 5) is 12.8. The van der Waals surface area contributed by atoms with Gasteiger partial charge >= 0.3 is 5.97 Å². The predicted molar refractivity (Wildman–Crippen MR) is 69.8 cm³/mol. The molecule has 7 heteroatoms. The number of ether oxygens (including phenoxy) is 1. The van der Waals surface area contributed by atoms with Crippen LogP contribution in [0, 0.1) is 5.92 Å². The summed E-state index contributed by atoms with van der Waals surface area (Å²) >= 11 is 0. The van der Waals surface area contributed by atoms with E-state index in [0.29, 0.717) is 25.5 Å². The van der Waals surface area contributed by atoms with Crippen LogP contribution in [0.5, 0.6) is 0 Å². The van der Waals surface area contributed by atoms with E-state index < -0.39 is 15.8 Å². The maximum absolute atomic E-state index is 11.5. The molecule has 2 aliphatic heterocycles. The van der Waals surface area contributed by atoms with Crippen LogP contribution in [0.25, 0.3) is 0 Å². The van der Waals surface area contributed by atoms with Gasteiger partial charge in [-0.25, -0.2) is 8.42 Å². The largest absolute Gasteiger partial charge is 0.480 e. The second kappa shape index (κ2) is 6.19. The van der Waals surface area contributed by atoms with Crippen molar-refractivity contribution in [1.29, 1.82) is 0 Å². The minimum atomic E-state index is -2.98. The quantitative estimate of drug-likeness (QED) is 0.767. The molecule has 0 spiro atoms. The van der Waals surface area contributed by atoms with Crippen LogP contribution in [-0.2, 0) is 19.4 Å². The third-order valence-corrected chi connectivity index (χ3v) is 5.56. The third-order valence-electron chi connectivity index (χ3n) is 3.81. The lowest BCUT2D eigenvalue weighted by atomic mass is 10.0. The number of aliphatic carboxylic acids is 1. The first-order valence-electron chi connectivity index (χ1n) is 6.70. The van der Waals surface area contributed by atoms with Crippen LogP contribution < -0.4 is 0 Å². The molecule has 0 radical (unpaired) electrons. The standard InChI is InChI=1S/C12H21NO5S/c14-12(15)7-13(6-10-2-1-4-18-8-10)11-3-5-19(16,17)9-11/h10-11H,1-9H2,(H,14,15). The number of carboxylic acids is 1. The van der Waals surface area contributed by atoms with Crippen molar-refractivity contribution in [3.63, 3.8) is 0 Å². The van der Waals surface area contributed by atoms with Crippen LogP contribution in [0.3, 0.4) is 0 Å². The smallest absolute Gasteiger partial charge is 0.317 e. The van der Waals surface area contributed by atoms with Crippen molar-refractivity contribution < 1.29 is 23.1 Å². The van der Waals surface area contributed by atoms with Crippen molar-refractivity contribution in [2.24, 2.45) is 5.92 Å². The molecule has 110 valence electrons. The molecule has 0 aromatic carbocycles. The average Bonchev–Trinajstić information content (AvgIpc) is 2.70. The normalized spacial score (nSPS) is 30.6. The van der Waals surface area contributed by atoms with Crippen molar-refractivity contribution in [2.45, 2.75) is 25.3 Å². The van der Waals surface area contributed by atoms with Crippen LogP contribution in [0.2, 0.25) is 0 Å². The zero-order valence-corrected chi connectivity index (χ0v) is 11.8. The molecule has 0 aliphatic carbocycles. The second-order valence-electron chi connectivity index (χ2n) is 5.46. The molecule has 2 aliphatic rings. The molecule has 2 atom stereocenters. The third kappa shape index (κ3) is 4.43. The van der Waals surface area contributed by atoms with Crippen molar-refractivity contribution in [1.82, 2.24) is 4.90 Å². The van der Waals surface area contributed by atoms with Gasteiger partial charge in [0, 0.05) is 19.2 Å². The highest BCUT2D eigenvalue weighted by molar-refractivity contribution is 7.91. The van der Waals surface area contributed by atoms with Gasteiger partial charge in [0.25, 0.3) is 0 Å². The minimum absolute atomic E-state index is 0.0866. The Balaban J connectivity index is 1.97. The number of hydrogen-bond donors (Lipinski definition) is 1. The van der Waals surface area contributed by atoms with Gasteiger partial charge < -0.3 is 9.84 Å². The zero-order chi connectivity index (χ0) is 13.9. The number of sulfone groups is 1. The number of carbonyl (C=O) groups is 1. The molecule has 2 saturated heterocycles. The first-order valence-corrected chi connectivity index (χ1v) is 8.52. The summed E-state index contributed by atoms with van der Waals surface area (Å²) < 4.78 is 28.4. The van der Waals surface area contributed by atoms with Crippen molar-refractivity contribution in [3.8, 4) is 0 Å². The summed E-state index contributed by atoms with van der Waals surface area (Å²) in [6.07, 6.45) is 2.56. The Labute approximate surface area is 113 Å². The van der Waals surface area contributed by atoms with E-state index in [1.165, 1.54) is 0 Å². The topological polar surface area (TPSA) is 83.9 Å². The molecule has 0 bridgehead atoms. The number of rotatable bonds is 5. The Morgan fingerprint density at radius 1 is 1.37 bits per heavy atom. The van der Waals surface area contributed by atoms with E-state index in [2.05, 4.69) is 0 Å². The van der Waals surface area contributed by atoms with Gasteiger partial charge in [-0.15, -0.1) is 0 Å². The highest BCUT2D eigenvalue weighted by Crippen LogP contribution is 2.21. The van der Waals surface area contributed by atoms with Crippen LogP contribution >= 0.6 is 0 Å². The zero-order valence-electron chi connectivity index (χ0n) is 11.0. The molecule has 0 aromatic heterocycles. The molecule has 2 fully saturated rings. The van der Waals surface area contributed by atoms with Crippen LogP contribution in [0.1, 0.15) is 19.3 Å². The first kappa shape index (κ1) is 14.7. The van der Waals surface area contributed by atoms with E-state index >= 15 is 0 Å². The maximum Gasteiger partial charge on any atom is 0.317 e. The Hall–Kier alpha value is -0.660. The van der Waals surface area contributed by atoms with Gasteiger partial charge in [-0.3, -0.25) is 9.69 Å². The Morgan fingerprint density at radius 3 is 2.68 bits per heavy atom. The lowest BCUT2D eigenvalue weighted by molar-refractivity contribution is -0.139. The van der Waals surface area contributed by atoms with Crippen LogP contribution in [0.4, 0.5) is 0 Å². The summed E-state index contributed by atoms with van der Waals surface area (Å²) in [7, 11) is -2.98. The van der Waals surface area contributed by atoms with E-state index in [-0.39, 0.29) is 24.1 Å². The summed E-state index contributed by atoms with van der Waals surface area (Å²) in [5.74, 6) is -0.319. The molecule has 2 heterocycles. The van der Waals surface area contributed by atoms with Crippen LogP contribution in [-0.4, -0.2) is 68.2 Å². The first-order chi connectivity index (χ1) is 8.96. The van der Waals surface area contributed by atoms with Crippen molar-refractivity contribution >= 4 is 15.8 Å². The molecule has 0 saturated carbocycles. The van der Waals surface area contributed by atoms with E-state index in [9.17, 15) is 13.2 Å². The predicted octanol–water partition coefficient (Wildman–Crippen LogP) is -0.0133. The second-order valence-corrected chi connectivity index (χ2v) is 7.69. The highest BCUT2D eigenvalue weighted by atomic mass is 32.2. The summed E-state index contributed by atoms with van der Waals surface area (Å²) in [6, 6.07) is -0.150. The fourth-order valence-electron chi connectivity index (χ4n) is 2.86. The molecule has 0 amide bonds. The minimum Gasteiger partial charge on any atom is -0.480 e. The molecule has 2 rings (SSSR count). The van der Waals surface area contributed by atoms with Gasteiger partial charge in [0.1, 0.15) is 0 Å². The number of carboxylic acid groups (broad SMARTS) is 1. The van der Waals surface area contributed by atoms with Gasteiger partial charge in [0.15, 0.2) is 9.84 Å². The lowest BCUT2D eigenvalue weighted by Crippen LogP contribution is -2.44. The molecule has 0 aromatic rings. The summed E-state index contributed by atoms with van der Waals surface area (Å²) in [5.41, 5.74) is 0. The molecular weight excluding hydrogens is 270 g/mol. The van der Waals surface area contributed by atoms with Gasteiger partial charge in [-0.05, 0) is 25.2 Å². The van der Waals surface area contributed by atoms with Crippen LogP contribution in [0.15, 0.2) is 0 Å². The van der Waals surface area contributed by atoms with Crippen molar-refractivity contribution in [2.75, 3.05) is 37.8 Å². The van der Waals surface area contributed by atoms with E-state index in [1.807, 2.05) is 4.90 Å². The fraction of sp³-hybridized carbons (Fsp3) is 0.917. The van der Waals surface area contributed by atoms with E-state index in [0.717, 1.165) is 19.4 Å². The molecular formula is C12H21NO5S. The van der Waals surface area contributed by atoms with Gasteiger partial charge in [-0.2, -0.15) is 0 Å². The van der Waals surface area contributed by atoms with Gasteiger partial charge in [0.05, 0.1) is 24.7 Å². The number of hydrogen-bond acceptors (Lipinski definition) is 5. The Bertz CT molecular complexity index is 416. The number of nitrogens with zero attached hydrogens (tertiary/aromatic N) is 1. The molecule has 19 heavy (non-hydrogen) atoms.